The van der Waals surface area contributed by atoms with E-state index in [0.717, 1.165) is 19.3 Å². The first kappa shape index (κ1) is 18.3. The maximum atomic E-state index is 14.0. The van der Waals surface area contributed by atoms with Crippen molar-refractivity contribution in [2.24, 2.45) is 17.6 Å². The maximum absolute atomic E-state index is 14.0. The van der Waals surface area contributed by atoms with Crippen molar-refractivity contribution in [2.75, 3.05) is 11.9 Å². The number of anilines is 1. The topological polar surface area (TPSA) is 98.7 Å². The Labute approximate surface area is 145 Å². The van der Waals surface area contributed by atoms with Crippen LogP contribution in [0.3, 0.4) is 0 Å². The monoisotopic (exact) mass is 354 g/mol. The van der Waals surface area contributed by atoms with Crippen LogP contribution in [0.1, 0.15) is 25.1 Å². The number of aryl methyl sites for hydroxylation is 1. The molecule has 2 aromatic rings. The first-order valence-electron chi connectivity index (χ1n) is 7.66. The van der Waals surface area contributed by atoms with Gasteiger partial charge in [0, 0.05) is 11.6 Å². The number of hydrogen-bond acceptors (Lipinski definition) is 5. The highest BCUT2D eigenvalue weighted by molar-refractivity contribution is 5.93. The quantitative estimate of drug-likeness (QED) is 0.872. The lowest BCUT2D eigenvalue weighted by Crippen LogP contribution is -2.29. The molecule has 1 aromatic carbocycles. The molecule has 0 bridgehead atoms. The van der Waals surface area contributed by atoms with Gasteiger partial charge in [-0.1, -0.05) is 6.42 Å². The van der Waals surface area contributed by atoms with Gasteiger partial charge in [0.25, 0.3) is 0 Å². The molecular formula is C15H20ClFN6O. The van der Waals surface area contributed by atoms with Gasteiger partial charge in [-0.15, -0.1) is 17.5 Å². The average molecular weight is 355 g/mol. The van der Waals surface area contributed by atoms with Crippen molar-refractivity contribution >= 4 is 24.0 Å². The van der Waals surface area contributed by atoms with E-state index in [2.05, 4.69) is 20.8 Å². The van der Waals surface area contributed by atoms with Crippen molar-refractivity contribution in [3.8, 4) is 5.69 Å². The highest BCUT2D eigenvalue weighted by Gasteiger charge is 2.32. The van der Waals surface area contributed by atoms with E-state index in [9.17, 15) is 9.18 Å². The largest absolute Gasteiger partial charge is 0.330 e. The summed E-state index contributed by atoms with van der Waals surface area (Å²) in [5, 5.41) is 13.9. The van der Waals surface area contributed by atoms with Crippen LogP contribution in [-0.2, 0) is 4.79 Å². The van der Waals surface area contributed by atoms with Crippen molar-refractivity contribution in [3.05, 3.63) is 29.8 Å². The summed E-state index contributed by atoms with van der Waals surface area (Å²) in [6, 6.07) is 4.35. The minimum atomic E-state index is -0.459. The Balaban J connectivity index is 0.00000208. The summed E-state index contributed by atoms with van der Waals surface area (Å²) in [6.45, 7) is 2.19. The van der Waals surface area contributed by atoms with Crippen LogP contribution in [0.4, 0.5) is 10.1 Å². The van der Waals surface area contributed by atoms with E-state index in [4.69, 9.17) is 5.73 Å². The minimum absolute atomic E-state index is 0. The van der Waals surface area contributed by atoms with Crippen molar-refractivity contribution < 1.29 is 9.18 Å². The predicted octanol–water partition coefficient (Wildman–Crippen LogP) is 1.85. The number of carbonyl (C=O) groups is 1. The number of benzene rings is 1. The molecule has 24 heavy (non-hydrogen) atoms. The summed E-state index contributed by atoms with van der Waals surface area (Å²) >= 11 is 0. The average Bonchev–Trinajstić information content (AvgIpc) is 3.17. The number of nitrogens with one attached hydrogen (secondary N) is 1. The number of nitrogens with zero attached hydrogens (tertiary/aromatic N) is 4. The molecule has 0 saturated heterocycles. The van der Waals surface area contributed by atoms with Crippen LogP contribution >= 0.6 is 12.4 Å². The lowest BCUT2D eigenvalue weighted by atomic mass is 9.95. The van der Waals surface area contributed by atoms with Gasteiger partial charge < -0.3 is 11.1 Å². The van der Waals surface area contributed by atoms with Crippen molar-refractivity contribution in [3.63, 3.8) is 0 Å². The normalized spacial score (nSPS) is 19.8. The summed E-state index contributed by atoms with van der Waals surface area (Å²) < 4.78 is 15.3. The van der Waals surface area contributed by atoms with Crippen molar-refractivity contribution in [1.29, 1.82) is 0 Å². The van der Waals surface area contributed by atoms with E-state index < -0.39 is 5.82 Å². The molecule has 2 atom stereocenters. The maximum Gasteiger partial charge on any atom is 0.227 e. The van der Waals surface area contributed by atoms with Gasteiger partial charge in [0.2, 0.25) is 5.91 Å². The van der Waals surface area contributed by atoms with Gasteiger partial charge in [-0.25, -0.2) is 4.39 Å². The van der Waals surface area contributed by atoms with Crippen LogP contribution in [0.5, 0.6) is 0 Å². The fraction of sp³-hybridized carbons (Fsp3) is 0.467. The fourth-order valence-electron chi connectivity index (χ4n) is 3.11. The number of carbonyl (C=O) groups excluding carboxylic acids is 1. The third-order valence-electron chi connectivity index (χ3n) is 4.37. The Kier molecular flexibility index (Phi) is 5.84. The second kappa shape index (κ2) is 7.67. The van der Waals surface area contributed by atoms with Crippen molar-refractivity contribution in [2.45, 2.75) is 26.2 Å². The summed E-state index contributed by atoms with van der Waals surface area (Å²) in [5.74, 6) is 0.0781. The van der Waals surface area contributed by atoms with Crippen molar-refractivity contribution in [1.82, 2.24) is 20.2 Å². The number of nitrogens with two attached hydrogens (primary N) is 1. The first-order chi connectivity index (χ1) is 11.1. The van der Waals surface area contributed by atoms with Crippen LogP contribution in [0.2, 0.25) is 0 Å². The third-order valence-corrected chi connectivity index (χ3v) is 4.37. The van der Waals surface area contributed by atoms with Gasteiger partial charge in [-0.3, -0.25) is 4.79 Å². The Hall–Kier alpha value is -2.06. The van der Waals surface area contributed by atoms with Gasteiger partial charge in [0.05, 0.1) is 0 Å². The summed E-state index contributed by atoms with van der Waals surface area (Å²) in [6.07, 6.45) is 2.83. The molecule has 130 valence electrons. The number of rotatable bonds is 4. The Morgan fingerprint density at radius 3 is 2.92 bits per heavy atom. The Morgan fingerprint density at radius 2 is 2.25 bits per heavy atom. The van der Waals surface area contributed by atoms with E-state index in [0.29, 0.717) is 18.1 Å². The van der Waals surface area contributed by atoms with Gasteiger partial charge >= 0.3 is 0 Å². The zero-order valence-corrected chi connectivity index (χ0v) is 14.1. The van der Waals surface area contributed by atoms with Gasteiger partial charge in [-0.05, 0) is 60.9 Å². The smallest absolute Gasteiger partial charge is 0.227 e. The SMILES string of the molecule is Cc1nnnn1-c1cc(NC(=O)[C@@H]2CCC[C@@H]2CN)ccc1F.Cl. The molecule has 1 fully saturated rings. The highest BCUT2D eigenvalue weighted by Crippen LogP contribution is 2.32. The summed E-state index contributed by atoms with van der Waals surface area (Å²) in [4.78, 5) is 12.4. The predicted molar refractivity (Wildman–Crippen MR) is 89.6 cm³/mol. The molecule has 3 N–H and O–H groups in total. The second-order valence-corrected chi connectivity index (χ2v) is 5.83. The fourth-order valence-corrected chi connectivity index (χ4v) is 3.11. The molecule has 0 spiro atoms. The van der Waals surface area contributed by atoms with Crippen LogP contribution in [0, 0.1) is 24.6 Å². The molecule has 7 nitrogen and oxygen atoms in total. The molecule has 1 heterocycles. The molecule has 1 aliphatic carbocycles. The summed E-state index contributed by atoms with van der Waals surface area (Å²) in [7, 11) is 0. The van der Waals surface area contributed by atoms with E-state index in [1.165, 1.54) is 22.9 Å². The lowest BCUT2D eigenvalue weighted by molar-refractivity contribution is -0.120. The van der Waals surface area contributed by atoms with Crippen LogP contribution in [0.25, 0.3) is 5.69 Å². The Bertz CT molecular complexity index is 722. The van der Waals surface area contributed by atoms with Crippen LogP contribution < -0.4 is 11.1 Å². The number of aromatic nitrogens is 4. The second-order valence-electron chi connectivity index (χ2n) is 5.83. The molecule has 1 aromatic heterocycles. The molecule has 0 radical (unpaired) electrons. The third kappa shape index (κ3) is 3.54. The molecule has 3 rings (SSSR count). The van der Waals surface area contributed by atoms with E-state index in [1.54, 1.807) is 6.92 Å². The number of amides is 1. The molecule has 1 amide bonds. The standard InChI is InChI=1S/C15H19FN6O.ClH/c1-9-19-20-21-22(9)14-7-11(5-6-13(14)16)18-15(23)12-4-2-3-10(12)8-17;/h5-7,10,12H,2-4,8,17H2,1H3,(H,18,23);1H/t10-,12-;/m1./s1. The summed E-state index contributed by atoms with van der Waals surface area (Å²) in [5.41, 5.74) is 6.44. The molecule has 9 heteroatoms. The number of hydrogen-bond donors (Lipinski definition) is 2. The molecule has 0 unspecified atom stereocenters. The van der Waals surface area contributed by atoms with Crippen LogP contribution in [-0.4, -0.2) is 32.7 Å². The Morgan fingerprint density at radius 1 is 1.46 bits per heavy atom. The zero-order valence-electron chi connectivity index (χ0n) is 13.3. The van der Waals surface area contributed by atoms with Crippen LogP contribution in [0.15, 0.2) is 18.2 Å². The molecule has 1 aliphatic rings. The van der Waals surface area contributed by atoms with Gasteiger partial charge in [0.15, 0.2) is 5.82 Å². The number of tetrazole rings is 1. The van der Waals surface area contributed by atoms with Gasteiger partial charge in [-0.2, -0.15) is 4.68 Å². The van der Waals surface area contributed by atoms with E-state index in [1.807, 2.05) is 0 Å². The lowest BCUT2D eigenvalue weighted by Gasteiger charge is -2.17. The van der Waals surface area contributed by atoms with E-state index >= 15 is 0 Å². The zero-order chi connectivity index (χ0) is 16.4. The number of halogens is 2. The van der Waals surface area contributed by atoms with E-state index in [-0.39, 0.29) is 35.8 Å². The molecule has 0 aliphatic heterocycles. The van der Waals surface area contributed by atoms with Gasteiger partial charge in [0.1, 0.15) is 11.5 Å². The first-order valence-corrected chi connectivity index (χ1v) is 7.66. The highest BCUT2D eigenvalue weighted by atomic mass is 35.5. The molecule has 1 saturated carbocycles. The molecular weight excluding hydrogens is 335 g/mol. The minimum Gasteiger partial charge on any atom is -0.330 e.